The van der Waals surface area contributed by atoms with E-state index in [1.165, 1.54) is 0 Å². The van der Waals surface area contributed by atoms with Crippen LogP contribution in [0.2, 0.25) is 0 Å². The second kappa shape index (κ2) is 5.42. The molecule has 1 fully saturated rings. The number of hydrogen-bond donors (Lipinski definition) is 1. The molecule has 6 nitrogen and oxygen atoms in total. The molecule has 1 aromatic heterocycles. The standard InChI is InChI=1S/C14H17N5O/c1-18(9-11-5-3-2-4-6-11)14(20)13-10-19(17-16-13)12-7-15-8-12/h2-6,10,12,15H,7-9H2,1H3. The predicted molar refractivity (Wildman–Crippen MR) is 74.2 cm³/mol. The highest BCUT2D eigenvalue weighted by atomic mass is 16.2. The number of benzene rings is 1. The van der Waals surface area contributed by atoms with Crippen LogP contribution in [0.15, 0.2) is 36.5 Å². The molecule has 104 valence electrons. The number of amides is 1. The van der Waals surface area contributed by atoms with Crippen molar-refractivity contribution in [1.82, 2.24) is 25.2 Å². The average molecular weight is 271 g/mol. The summed E-state index contributed by atoms with van der Waals surface area (Å²) >= 11 is 0. The van der Waals surface area contributed by atoms with E-state index < -0.39 is 0 Å². The Labute approximate surface area is 117 Å². The lowest BCUT2D eigenvalue weighted by Gasteiger charge is -2.26. The minimum absolute atomic E-state index is 0.104. The molecule has 1 aliphatic heterocycles. The Morgan fingerprint density at radius 2 is 2.15 bits per heavy atom. The van der Waals surface area contributed by atoms with Crippen molar-refractivity contribution in [1.29, 1.82) is 0 Å². The fourth-order valence-corrected chi connectivity index (χ4v) is 2.14. The van der Waals surface area contributed by atoms with Gasteiger partial charge in [-0.3, -0.25) is 4.79 Å². The first-order valence-electron chi connectivity index (χ1n) is 6.66. The third-order valence-corrected chi connectivity index (χ3v) is 3.47. The Morgan fingerprint density at radius 1 is 1.40 bits per heavy atom. The van der Waals surface area contributed by atoms with Gasteiger partial charge in [0.25, 0.3) is 5.91 Å². The Hall–Kier alpha value is -2.21. The SMILES string of the molecule is CN(Cc1ccccc1)C(=O)c1cn(C2CNC2)nn1. The van der Waals surface area contributed by atoms with E-state index in [0.29, 0.717) is 18.3 Å². The molecule has 1 amide bonds. The van der Waals surface area contributed by atoms with Crippen LogP contribution in [0.1, 0.15) is 22.1 Å². The lowest BCUT2D eigenvalue weighted by Crippen LogP contribution is -2.43. The molecule has 1 aromatic carbocycles. The van der Waals surface area contributed by atoms with Crippen molar-refractivity contribution >= 4 is 5.91 Å². The van der Waals surface area contributed by atoms with Gasteiger partial charge in [-0.1, -0.05) is 35.5 Å². The van der Waals surface area contributed by atoms with Gasteiger partial charge in [-0.2, -0.15) is 0 Å². The first-order valence-corrected chi connectivity index (χ1v) is 6.66. The van der Waals surface area contributed by atoms with Gasteiger partial charge in [0.2, 0.25) is 0 Å². The molecular weight excluding hydrogens is 254 g/mol. The topological polar surface area (TPSA) is 63.1 Å². The summed E-state index contributed by atoms with van der Waals surface area (Å²) in [6.07, 6.45) is 1.73. The molecule has 3 rings (SSSR count). The minimum Gasteiger partial charge on any atom is -0.336 e. The molecule has 0 unspecified atom stereocenters. The molecule has 20 heavy (non-hydrogen) atoms. The maximum atomic E-state index is 12.3. The van der Waals surface area contributed by atoms with Gasteiger partial charge in [-0.05, 0) is 5.56 Å². The molecule has 1 N–H and O–H groups in total. The quantitative estimate of drug-likeness (QED) is 0.889. The Bertz CT molecular complexity index is 591. The van der Waals surface area contributed by atoms with Crippen molar-refractivity contribution in [2.75, 3.05) is 20.1 Å². The van der Waals surface area contributed by atoms with E-state index in [1.807, 2.05) is 30.3 Å². The van der Waals surface area contributed by atoms with Crippen molar-refractivity contribution in [3.05, 3.63) is 47.8 Å². The first kappa shape index (κ1) is 12.8. The Balaban J connectivity index is 1.66. The summed E-state index contributed by atoms with van der Waals surface area (Å²) in [6, 6.07) is 10.2. The van der Waals surface area contributed by atoms with Crippen LogP contribution in [0.5, 0.6) is 0 Å². The summed E-state index contributed by atoms with van der Waals surface area (Å²) in [5, 5.41) is 11.2. The van der Waals surface area contributed by atoms with Gasteiger partial charge in [0, 0.05) is 26.7 Å². The van der Waals surface area contributed by atoms with E-state index in [1.54, 1.807) is 22.8 Å². The normalized spacial score (nSPS) is 14.8. The summed E-state index contributed by atoms with van der Waals surface area (Å²) < 4.78 is 1.76. The fourth-order valence-electron chi connectivity index (χ4n) is 2.14. The average Bonchev–Trinajstić information content (AvgIpc) is 2.86. The van der Waals surface area contributed by atoms with Crippen LogP contribution in [0.4, 0.5) is 0 Å². The summed E-state index contributed by atoms with van der Waals surface area (Å²) in [5.41, 5.74) is 1.49. The monoisotopic (exact) mass is 271 g/mol. The van der Waals surface area contributed by atoms with Crippen molar-refractivity contribution in [2.45, 2.75) is 12.6 Å². The van der Waals surface area contributed by atoms with Crippen LogP contribution in [0.3, 0.4) is 0 Å². The molecule has 0 spiro atoms. The highest BCUT2D eigenvalue weighted by Crippen LogP contribution is 2.11. The van der Waals surface area contributed by atoms with Gasteiger partial charge >= 0.3 is 0 Å². The Kier molecular flexibility index (Phi) is 3.47. The predicted octanol–water partition coefficient (Wildman–Crippen LogP) is 0.695. The first-order chi connectivity index (χ1) is 9.74. The molecule has 1 saturated heterocycles. The third-order valence-electron chi connectivity index (χ3n) is 3.47. The smallest absolute Gasteiger partial charge is 0.276 e. The maximum absolute atomic E-state index is 12.3. The number of nitrogens with one attached hydrogen (secondary N) is 1. The van der Waals surface area contributed by atoms with Crippen LogP contribution in [-0.4, -0.2) is 45.9 Å². The molecule has 0 bridgehead atoms. The molecule has 2 heterocycles. The zero-order valence-corrected chi connectivity index (χ0v) is 11.4. The van der Waals surface area contributed by atoms with Crippen LogP contribution in [-0.2, 0) is 6.54 Å². The van der Waals surface area contributed by atoms with Gasteiger partial charge < -0.3 is 10.2 Å². The van der Waals surface area contributed by atoms with Crippen LogP contribution in [0.25, 0.3) is 0 Å². The number of carbonyl (C=O) groups is 1. The number of hydrogen-bond acceptors (Lipinski definition) is 4. The molecular formula is C14H17N5O. The lowest BCUT2D eigenvalue weighted by atomic mass is 10.2. The van der Waals surface area contributed by atoms with Crippen molar-refractivity contribution < 1.29 is 4.79 Å². The highest BCUT2D eigenvalue weighted by molar-refractivity contribution is 5.91. The van der Waals surface area contributed by atoms with Crippen LogP contribution in [0, 0.1) is 0 Å². The molecule has 1 aliphatic rings. The van der Waals surface area contributed by atoms with E-state index in [4.69, 9.17) is 0 Å². The number of nitrogens with zero attached hydrogens (tertiary/aromatic N) is 4. The van der Waals surface area contributed by atoms with Crippen molar-refractivity contribution in [3.8, 4) is 0 Å². The molecule has 0 aliphatic carbocycles. The number of rotatable bonds is 4. The summed E-state index contributed by atoms with van der Waals surface area (Å²) in [4.78, 5) is 13.9. The molecule has 6 heteroatoms. The second-order valence-electron chi connectivity index (χ2n) is 5.04. The highest BCUT2D eigenvalue weighted by Gasteiger charge is 2.22. The Morgan fingerprint density at radius 3 is 2.80 bits per heavy atom. The third kappa shape index (κ3) is 2.55. The largest absolute Gasteiger partial charge is 0.336 e. The zero-order valence-electron chi connectivity index (χ0n) is 11.4. The fraction of sp³-hybridized carbons (Fsp3) is 0.357. The minimum atomic E-state index is -0.104. The van der Waals surface area contributed by atoms with Gasteiger partial charge in [-0.15, -0.1) is 5.10 Å². The maximum Gasteiger partial charge on any atom is 0.276 e. The van der Waals surface area contributed by atoms with E-state index in [2.05, 4.69) is 15.6 Å². The lowest BCUT2D eigenvalue weighted by molar-refractivity contribution is 0.0779. The zero-order chi connectivity index (χ0) is 13.9. The van der Waals surface area contributed by atoms with Gasteiger partial charge in [0.05, 0.1) is 12.2 Å². The van der Waals surface area contributed by atoms with Crippen LogP contribution >= 0.6 is 0 Å². The molecule has 0 saturated carbocycles. The molecule has 0 atom stereocenters. The van der Waals surface area contributed by atoms with Crippen molar-refractivity contribution in [2.24, 2.45) is 0 Å². The van der Waals surface area contributed by atoms with E-state index >= 15 is 0 Å². The van der Waals surface area contributed by atoms with E-state index in [0.717, 1.165) is 18.7 Å². The van der Waals surface area contributed by atoms with E-state index in [-0.39, 0.29) is 5.91 Å². The summed E-state index contributed by atoms with van der Waals surface area (Å²) in [6.45, 7) is 2.34. The van der Waals surface area contributed by atoms with Crippen LogP contribution < -0.4 is 5.32 Å². The number of carbonyl (C=O) groups excluding carboxylic acids is 1. The summed E-state index contributed by atoms with van der Waals surface area (Å²) in [7, 11) is 1.78. The van der Waals surface area contributed by atoms with Gasteiger partial charge in [0.1, 0.15) is 0 Å². The number of aromatic nitrogens is 3. The van der Waals surface area contributed by atoms with Crippen molar-refractivity contribution in [3.63, 3.8) is 0 Å². The summed E-state index contributed by atoms with van der Waals surface area (Å²) in [5.74, 6) is -0.104. The van der Waals surface area contributed by atoms with Gasteiger partial charge in [-0.25, -0.2) is 4.68 Å². The molecule has 2 aromatic rings. The van der Waals surface area contributed by atoms with Gasteiger partial charge in [0.15, 0.2) is 5.69 Å². The van der Waals surface area contributed by atoms with E-state index in [9.17, 15) is 4.79 Å². The molecule has 0 radical (unpaired) electrons. The second-order valence-corrected chi connectivity index (χ2v) is 5.04.